The Labute approximate surface area is 138 Å². The summed E-state index contributed by atoms with van der Waals surface area (Å²) in [5.74, 6) is 0.843. The number of aryl methyl sites for hydroxylation is 3. The Kier molecular flexibility index (Phi) is 3.96. The van der Waals surface area contributed by atoms with E-state index in [2.05, 4.69) is 5.32 Å². The third-order valence-corrected chi connectivity index (χ3v) is 4.70. The minimum atomic E-state index is -0.303. The van der Waals surface area contributed by atoms with Crippen molar-refractivity contribution in [3.05, 3.63) is 58.2 Å². The van der Waals surface area contributed by atoms with Gasteiger partial charge in [0, 0.05) is 5.69 Å². The van der Waals surface area contributed by atoms with Gasteiger partial charge in [-0.15, -0.1) is 11.3 Å². The molecule has 2 heterocycles. The number of rotatable bonds is 3. The summed E-state index contributed by atoms with van der Waals surface area (Å²) in [5, 5.41) is 14.4. The van der Waals surface area contributed by atoms with Crippen LogP contribution in [-0.4, -0.2) is 11.0 Å². The highest BCUT2D eigenvalue weighted by atomic mass is 32.1. The Balaban J connectivity index is 1.85. The lowest BCUT2D eigenvalue weighted by Gasteiger charge is -2.11. The maximum Gasteiger partial charge on any atom is 0.291 e. The first-order chi connectivity index (χ1) is 11.0. The molecule has 0 aliphatic heterocycles. The lowest BCUT2D eigenvalue weighted by molar-refractivity contribution is 0.0997. The molecule has 0 spiro atoms. The number of anilines is 1. The Bertz CT molecular complexity index is 853. The van der Waals surface area contributed by atoms with E-state index in [9.17, 15) is 9.90 Å². The van der Waals surface area contributed by atoms with Crippen LogP contribution in [0, 0.1) is 20.8 Å². The topological polar surface area (TPSA) is 62.5 Å². The van der Waals surface area contributed by atoms with E-state index in [4.69, 9.17) is 4.42 Å². The molecule has 0 bridgehead atoms. The number of carbonyl (C=O) groups is 1. The Hall–Kier alpha value is -2.53. The van der Waals surface area contributed by atoms with Crippen LogP contribution in [-0.2, 0) is 0 Å². The highest BCUT2D eigenvalue weighted by Gasteiger charge is 2.16. The van der Waals surface area contributed by atoms with Crippen LogP contribution in [0.1, 0.15) is 27.2 Å². The average Bonchev–Trinajstić information content (AvgIpc) is 3.11. The van der Waals surface area contributed by atoms with Crippen molar-refractivity contribution in [1.82, 2.24) is 0 Å². The molecule has 0 fully saturated rings. The van der Waals surface area contributed by atoms with Gasteiger partial charge in [-0.2, -0.15) is 0 Å². The van der Waals surface area contributed by atoms with Crippen molar-refractivity contribution in [3.63, 3.8) is 0 Å². The van der Waals surface area contributed by atoms with Gasteiger partial charge in [0.05, 0.1) is 4.88 Å². The second-order valence-corrected chi connectivity index (χ2v) is 6.42. The fraction of sp³-hybridized carbons (Fsp3) is 0.167. The zero-order chi connectivity index (χ0) is 16.6. The van der Waals surface area contributed by atoms with Gasteiger partial charge >= 0.3 is 0 Å². The van der Waals surface area contributed by atoms with Crippen LogP contribution in [0.15, 0.2) is 40.1 Å². The summed E-state index contributed by atoms with van der Waals surface area (Å²) in [4.78, 5) is 13.4. The van der Waals surface area contributed by atoms with Gasteiger partial charge in [-0.3, -0.25) is 4.79 Å². The SMILES string of the molecule is Cc1ccsc1-c1ccc(C(=O)Nc2c(C)cc(O)cc2C)o1. The maximum absolute atomic E-state index is 12.4. The molecular formula is C18H17NO3S. The number of furan rings is 1. The van der Waals surface area contributed by atoms with Gasteiger partial charge < -0.3 is 14.8 Å². The number of hydrogen-bond acceptors (Lipinski definition) is 4. The van der Waals surface area contributed by atoms with E-state index in [1.807, 2.05) is 38.3 Å². The molecule has 2 aromatic heterocycles. The van der Waals surface area contributed by atoms with Gasteiger partial charge in [-0.25, -0.2) is 0 Å². The van der Waals surface area contributed by atoms with E-state index in [0.29, 0.717) is 11.4 Å². The molecule has 5 heteroatoms. The van der Waals surface area contributed by atoms with Gasteiger partial charge in [0.2, 0.25) is 0 Å². The second-order valence-electron chi connectivity index (χ2n) is 5.51. The minimum Gasteiger partial charge on any atom is -0.508 e. The molecule has 1 aromatic carbocycles. The number of phenolic OH excluding ortho intramolecular Hbond substituents is 1. The number of amides is 1. The molecule has 118 valence electrons. The van der Waals surface area contributed by atoms with Gasteiger partial charge in [-0.1, -0.05) is 0 Å². The van der Waals surface area contributed by atoms with Crippen LogP contribution in [0.5, 0.6) is 5.75 Å². The molecule has 0 unspecified atom stereocenters. The fourth-order valence-electron chi connectivity index (χ4n) is 2.52. The van der Waals surface area contributed by atoms with Crippen molar-refractivity contribution in [2.75, 3.05) is 5.32 Å². The zero-order valence-corrected chi connectivity index (χ0v) is 14.0. The molecule has 23 heavy (non-hydrogen) atoms. The number of thiophene rings is 1. The van der Waals surface area contributed by atoms with Gasteiger partial charge in [-0.05, 0) is 73.2 Å². The normalized spacial score (nSPS) is 10.7. The summed E-state index contributed by atoms with van der Waals surface area (Å²) in [5.41, 5.74) is 3.42. The summed E-state index contributed by atoms with van der Waals surface area (Å²) in [6.07, 6.45) is 0. The quantitative estimate of drug-likeness (QED) is 0.673. The van der Waals surface area contributed by atoms with Crippen LogP contribution in [0.3, 0.4) is 0 Å². The number of carbonyl (C=O) groups excluding carboxylic acids is 1. The average molecular weight is 327 g/mol. The second kappa shape index (κ2) is 5.93. The number of benzene rings is 1. The number of aromatic hydroxyl groups is 1. The number of phenols is 1. The molecule has 0 saturated carbocycles. The molecular weight excluding hydrogens is 310 g/mol. The predicted molar refractivity (Wildman–Crippen MR) is 92.3 cm³/mol. The molecule has 0 aliphatic carbocycles. The van der Waals surface area contributed by atoms with Crippen molar-refractivity contribution >= 4 is 22.9 Å². The predicted octanol–water partition coefficient (Wildman–Crippen LogP) is 4.89. The highest BCUT2D eigenvalue weighted by Crippen LogP contribution is 2.31. The lowest BCUT2D eigenvalue weighted by atomic mass is 10.1. The fourth-order valence-corrected chi connectivity index (χ4v) is 3.41. The van der Waals surface area contributed by atoms with Crippen LogP contribution in [0.2, 0.25) is 0 Å². The Morgan fingerprint density at radius 1 is 1.09 bits per heavy atom. The first-order valence-electron chi connectivity index (χ1n) is 7.21. The van der Waals surface area contributed by atoms with Crippen molar-refractivity contribution in [2.24, 2.45) is 0 Å². The summed E-state index contributed by atoms with van der Waals surface area (Å²) in [7, 11) is 0. The van der Waals surface area contributed by atoms with Gasteiger partial charge in [0.1, 0.15) is 11.5 Å². The Morgan fingerprint density at radius 2 is 1.78 bits per heavy atom. The molecule has 4 nitrogen and oxygen atoms in total. The van der Waals surface area contributed by atoms with Crippen molar-refractivity contribution in [3.8, 4) is 16.4 Å². The maximum atomic E-state index is 12.4. The van der Waals surface area contributed by atoms with E-state index < -0.39 is 0 Å². The third-order valence-electron chi connectivity index (χ3n) is 3.67. The van der Waals surface area contributed by atoms with Crippen LogP contribution < -0.4 is 5.32 Å². The van der Waals surface area contributed by atoms with Gasteiger partial charge in [0.15, 0.2) is 5.76 Å². The monoisotopic (exact) mass is 327 g/mol. The van der Waals surface area contributed by atoms with Crippen molar-refractivity contribution in [2.45, 2.75) is 20.8 Å². The molecule has 3 rings (SSSR count). The minimum absolute atomic E-state index is 0.187. The molecule has 0 aliphatic rings. The number of nitrogens with one attached hydrogen (secondary N) is 1. The smallest absolute Gasteiger partial charge is 0.291 e. The highest BCUT2D eigenvalue weighted by molar-refractivity contribution is 7.13. The van der Waals surface area contributed by atoms with Crippen molar-refractivity contribution < 1.29 is 14.3 Å². The number of hydrogen-bond donors (Lipinski definition) is 2. The van der Waals surface area contributed by atoms with E-state index in [-0.39, 0.29) is 17.4 Å². The summed E-state index contributed by atoms with van der Waals surface area (Å²) < 4.78 is 5.70. The van der Waals surface area contributed by atoms with E-state index in [1.54, 1.807) is 29.5 Å². The summed E-state index contributed by atoms with van der Waals surface area (Å²) in [6.45, 7) is 5.69. The molecule has 3 aromatic rings. The molecule has 1 amide bonds. The summed E-state index contributed by atoms with van der Waals surface area (Å²) >= 11 is 1.58. The molecule has 0 radical (unpaired) electrons. The van der Waals surface area contributed by atoms with Crippen molar-refractivity contribution in [1.29, 1.82) is 0 Å². The standard InChI is InChI=1S/C18H17NO3S/c1-10-6-7-23-17(10)14-4-5-15(22-14)18(21)19-16-11(2)8-13(20)9-12(16)3/h4-9,20H,1-3H3,(H,19,21). The zero-order valence-electron chi connectivity index (χ0n) is 13.1. The summed E-state index contributed by atoms with van der Waals surface area (Å²) in [6, 6.07) is 8.74. The Morgan fingerprint density at radius 3 is 2.39 bits per heavy atom. The van der Waals surface area contributed by atoms with Crippen LogP contribution in [0.25, 0.3) is 10.6 Å². The molecule has 0 saturated heterocycles. The van der Waals surface area contributed by atoms with E-state index in [1.165, 1.54) is 0 Å². The lowest BCUT2D eigenvalue weighted by Crippen LogP contribution is -2.12. The first-order valence-corrected chi connectivity index (χ1v) is 8.09. The third kappa shape index (κ3) is 3.00. The van der Waals surface area contributed by atoms with E-state index in [0.717, 1.165) is 21.6 Å². The van der Waals surface area contributed by atoms with Crippen LogP contribution in [0.4, 0.5) is 5.69 Å². The molecule has 2 N–H and O–H groups in total. The largest absolute Gasteiger partial charge is 0.508 e. The van der Waals surface area contributed by atoms with E-state index >= 15 is 0 Å². The first kappa shape index (κ1) is 15.4. The molecule has 0 atom stereocenters. The van der Waals surface area contributed by atoms with Crippen LogP contribution >= 0.6 is 11.3 Å². The van der Waals surface area contributed by atoms with Gasteiger partial charge in [0.25, 0.3) is 5.91 Å².